The van der Waals surface area contributed by atoms with Crippen molar-refractivity contribution in [2.45, 2.75) is 47.0 Å². The molecule has 0 fully saturated rings. The van der Waals surface area contributed by atoms with E-state index in [9.17, 15) is 26.4 Å². The summed E-state index contributed by atoms with van der Waals surface area (Å²) in [4.78, 5) is 32.8. The molecule has 2 aromatic carbocycles. The van der Waals surface area contributed by atoms with E-state index in [0.717, 1.165) is 0 Å². The molecule has 46 heavy (non-hydrogen) atoms. The number of benzene rings is 2. The largest absolute Gasteiger partial charge is 0.481 e. The van der Waals surface area contributed by atoms with Crippen LogP contribution in [0.1, 0.15) is 27.7 Å². The van der Waals surface area contributed by atoms with Crippen molar-refractivity contribution in [1.82, 2.24) is 9.97 Å². The summed E-state index contributed by atoms with van der Waals surface area (Å²) in [6, 6.07) is 17.8. The molecule has 2 amide bonds. The van der Waals surface area contributed by atoms with Crippen LogP contribution in [0, 0.1) is 0 Å². The topological polar surface area (TPSA) is 161 Å². The first kappa shape index (κ1) is 36.4. The lowest BCUT2D eigenvalue weighted by molar-refractivity contribution is -0.118. The first-order valence-electron chi connectivity index (χ1n) is 13.5. The molecule has 11 nitrogen and oxygen atoms in total. The van der Waals surface area contributed by atoms with E-state index in [1.165, 1.54) is 95.7 Å². The Hall–Kier alpha value is -4.04. The monoisotopic (exact) mass is 706 g/mol. The average Bonchev–Trinajstić information content (AvgIpc) is 3.02. The fourth-order valence-electron chi connectivity index (χ4n) is 3.64. The van der Waals surface area contributed by atoms with Gasteiger partial charge in [0.15, 0.2) is 19.7 Å². The Balaban J connectivity index is 0.000000251. The molecule has 0 saturated heterocycles. The van der Waals surface area contributed by atoms with Crippen molar-refractivity contribution in [1.29, 1.82) is 0 Å². The number of carbonyl (C=O) groups excluding carboxylic acids is 2. The van der Waals surface area contributed by atoms with Gasteiger partial charge in [-0.25, -0.2) is 21.8 Å². The van der Waals surface area contributed by atoms with Crippen molar-refractivity contribution in [3.05, 3.63) is 101 Å². The van der Waals surface area contributed by atoms with Crippen LogP contribution in [0.5, 0.6) is 5.88 Å². The van der Waals surface area contributed by atoms with E-state index in [2.05, 4.69) is 20.6 Å². The van der Waals surface area contributed by atoms with Crippen molar-refractivity contribution >= 4 is 66.1 Å². The molecule has 0 unspecified atom stereocenters. The highest BCUT2D eigenvalue weighted by Gasteiger charge is 2.44. The number of hydrogen-bond donors (Lipinski definition) is 2. The van der Waals surface area contributed by atoms with E-state index in [4.69, 9.17) is 27.9 Å². The number of amides is 2. The van der Waals surface area contributed by atoms with Crippen LogP contribution in [-0.4, -0.2) is 55.2 Å². The lowest BCUT2D eigenvalue weighted by Crippen LogP contribution is -2.44. The minimum atomic E-state index is -3.90. The number of rotatable bonds is 9. The second kappa shape index (κ2) is 14.6. The molecule has 2 N–H and O–H groups in total. The predicted octanol–water partition coefficient (Wildman–Crippen LogP) is 5.86. The van der Waals surface area contributed by atoms with E-state index < -0.39 is 41.0 Å². The third kappa shape index (κ3) is 8.21. The minimum absolute atomic E-state index is 0.0277. The Morgan fingerprint density at radius 3 is 1.46 bits per heavy atom. The Kier molecular flexibility index (Phi) is 11.6. The van der Waals surface area contributed by atoms with Crippen LogP contribution >= 0.6 is 23.2 Å². The Morgan fingerprint density at radius 2 is 1.11 bits per heavy atom. The zero-order valence-electron chi connectivity index (χ0n) is 25.5. The first-order chi connectivity index (χ1) is 21.4. The van der Waals surface area contributed by atoms with Gasteiger partial charge >= 0.3 is 0 Å². The number of sulfone groups is 2. The number of aromatic nitrogens is 2. The van der Waals surface area contributed by atoms with Gasteiger partial charge in [0.2, 0.25) is 17.7 Å². The molecule has 2 heterocycles. The van der Waals surface area contributed by atoms with Gasteiger partial charge in [-0.3, -0.25) is 14.6 Å². The summed E-state index contributed by atoms with van der Waals surface area (Å²) in [5.41, 5.74) is 0.812. The smallest absolute Gasteiger partial charge is 0.245 e. The second-order valence-corrected chi connectivity index (χ2v) is 16.5. The van der Waals surface area contributed by atoms with Crippen LogP contribution < -0.4 is 15.4 Å². The van der Waals surface area contributed by atoms with Crippen LogP contribution in [0.3, 0.4) is 0 Å². The van der Waals surface area contributed by atoms with Crippen molar-refractivity contribution in [2.24, 2.45) is 0 Å². The number of nitrogens with one attached hydrogen (secondary N) is 2. The highest BCUT2D eigenvalue weighted by atomic mass is 35.5. The summed E-state index contributed by atoms with van der Waals surface area (Å²) in [7, 11) is -6.29. The van der Waals surface area contributed by atoms with Crippen molar-refractivity contribution < 1.29 is 31.2 Å². The molecule has 244 valence electrons. The highest BCUT2D eigenvalue weighted by molar-refractivity contribution is 7.94. The van der Waals surface area contributed by atoms with Crippen LogP contribution in [0.2, 0.25) is 10.0 Å². The summed E-state index contributed by atoms with van der Waals surface area (Å²) in [5, 5.41) is 5.97. The molecule has 0 atom stereocenters. The van der Waals surface area contributed by atoms with Gasteiger partial charge < -0.3 is 15.4 Å². The van der Waals surface area contributed by atoms with Gasteiger partial charge in [-0.15, -0.1) is 0 Å². The normalized spacial score (nSPS) is 11.9. The highest BCUT2D eigenvalue weighted by Crippen LogP contribution is 2.29. The molecule has 2 aromatic heterocycles. The standard InChI is InChI=1S/C16H17ClN2O4S.C15H15ClN2O3S/c1-16(2,24(21,22)13-7-4-11(17)5-8-13)15(20)19-12-6-9-14(23-3)18-10-12;1-15(2,14(19)18-12-4-3-9-17-10-12)22(20,21)13-7-5-11(16)6-8-13/h4-10H,1-3H3,(H,19,20);3-10H,1-2H3,(H,18,19). The Labute approximate surface area is 278 Å². The van der Waals surface area contributed by atoms with E-state index in [1.807, 2.05) is 0 Å². The molecule has 0 radical (unpaired) electrons. The quantitative estimate of drug-likeness (QED) is 0.217. The average molecular weight is 708 g/mol. The summed E-state index contributed by atoms with van der Waals surface area (Å²) in [6.45, 7) is 5.43. The van der Waals surface area contributed by atoms with E-state index >= 15 is 0 Å². The second-order valence-electron chi connectivity index (χ2n) is 10.7. The predicted molar refractivity (Wildman–Crippen MR) is 178 cm³/mol. The SMILES string of the molecule is CC(C)(C(=O)Nc1cccnc1)S(=O)(=O)c1ccc(Cl)cc1.COc1ccc(NC(=O)C(C)(C)S(=O)(=O)c2ccc(Cl)cc2)cn1. The van der Waals surface area contributed by atoms with Crippen LogP contribution in [0.15, 0.2) is 101 Å². The minimum Gasteiger partial charge on any atom is -0.481 e. The molecule has 4 aromatic rings. The van der Waals surface area contributed by atoms with Gasteiger partial charge in [-0.05, 0) is 94.4 Å². The fraction of sp³-hybridized carbons (Fsp3) is 0.226. The number of halogens is 2. The molecular formula is C31H32Cl2N4O7S2. The van der Waals surface area contributed by atoms with Gasteiger partial charge in [0, 0.05) is 22.3 Å². The maximum atomic E-state index is 12.8. The van der Waals surface area contributed by atoms with Gasteiger partial charge in [-0.1, -0.05) is 23.2 Å². The number of anilines is 2. The Bertz CT molecular complexity index is 1890. The molecular weight excluding hydrogens is 675 g/mol. The van der Waals surface area contributed by atoms with Crippen LogP contribution in [-0.2, 0) is 29.3 Å². The van der Waals surface area contributed by atoms with E-state index in [-0.39, 0.29) is 9.79 Å². The number of pyridine rings is 2. The number of ether oxygens (including phenoxy) is 1. The summed E-state index contributed by atoms with van der Waals surface area (Å²) >= 11 is 11.5. The van der Waals surface area contributed by atoms with Crippen molar-refractivity contribution in [3.63, 3.8) is 0 Å². The number of nitrogens with zero attached hydrogens (tertiary/aromatic N) is 2. The molecule has 0 aliphatic heterocycles. The third-order valence-electron chi connectivity index (χ3n) is 6.81. The van der Waals surface area contributed by atoms with Crippen LogP contribution in [0.4, 0.5) is 11.4 Å². The zero-order chi connectivity index (χ0) is 34.3. The summed E-state index contributed by atoms with van der Waals surface area (Å²) in [6.07, 6.45) is 4.40. The van der Waals surface area contributed by atoms with Gasteiger partial charge in [0.25, 0.3) is 0 Å². The Morgan fingerprint density at radius 1 is 0.674 bits per heavy atom. The maximum Gasteiger partial charge on any atom is 0.245 e. The van der Waals surface area contributed by atoms with E-state index in [1.54, 1.807) is 30.5 Å². The number of carbonyl (C=O) groups is 2. The van der Waals surface area contributed by atoms with Crippen LogP contribution in [0.25, 0.3) is 0 Å². The molecule has 0 aliphatic carbocycles. The third-order valence-corrected chi connectivity index (χ3v) is 12.2. The molecule has 0 bridgehead atoms. The fourth-order valence-corrected chi connectivity index (χ4v) is 6.65. The van der Waals surface area contributed by atoms with Gasteiger partial charge in [0.1, 0.15) is 9.49 Å². The molecule has 0 saturated carbocycles. The maximum absolute atomic E-state index is 12.8. The lowest BCUT2D eigenvalue weighted by Gasteiger charge is -2.24. The van der Waals surface area contributed by atoms with Gasteiger partial charge in [-0.2, -0.15) is 0 Å². The van der Waals surface area contributed by atoms with E-state index in [0.29, 0.717) is 27.3 Å². The summed E-state index contributed by atoms with van der Waals surface area (Å²) in [5.74, 6) is -0.902. The lowest BCUT2D eigenvalue weighted by atomic mass is 10.2. The molecule has 0 aliphatic rings. The molecule has 15 heteroatoms. The first-order valence-corrected chi connectivity index (χ1v) is 17.2. The molecule has 0 spiro atoms. The van der Waals surface area contributed by atoms with Crippen molar-refractivity contribution in [3.8, 4) is 5.88 Å². The molecule has 4 rings (SSSR count). The zero-order valence-corrected chi connectivity index (χ0v) is 28.6. The summed E-state index contributed by atoms with van der Waals surface area (Å²) < 4.78 is 52.5. The van der Waals surface area contributed by atoms with Crippen molar-refractivity contribution in [2.75, 3.05) is 17.7 Å². The van der Waals surface area contributed by atoms with Gasteiger partial charge in [0.05, 0.1) is 40.7 Å². The number of methoxy groups -OCH3 is 1. The number of hydrogen-bond acceptors (Lipinski definition) is 9.